The molecule has 0 bridgehead atoms. The molecule has 2 N–H and O–H groups in total. The number of rotatable bonds is 12. The van der Waals surface area contributed by atoms with Gasteiger partial charge in [0.15, 0.2) is 0 Å². The minimum atomic E-state index is 0.855. The zero-order valence-electron chi connectivity index (χ0n) is 11.2. The van der Waals surface area contributed by atoms with E-state index in [9.17, 15) is 0 Å². The van der Waals surface area contributed by atoms with E-state index in [-0.39, 0.29) is 0 Å². The van der Waals surface area contributed by atoms with Crippen LogP contribution >= 0.6 is 0 Å². The largest absolute Gasteiger partial charge is 0.330 e. The summed E-state index contributed by atoms with van der Waals surface area (Å²) in [5.74, 6) is 0. The van der Waals surface area contributed by atoms with E-state index < -0.39 is 0 Å². The van der Waals surface area contributed by atoms with E-state index in [0.29, 0.717) is 0 Å². The summed E-state index contributed by atoms with van der Waals surface area (Å²) in [6, 6.07) is 0. The molecule has 16 heavy (non-hydrogen) atoms. The standard InChI is InChI=1S/C15H31N/c1-2-3-4-5-6-7-8-9-10-11-12-13-14-15-16/h8-9H,2-7,10-16H2,1H3/b9-8+. The van der Waals surface area contributed by atoms with Crippen LogP contribution in [0, 0.1) is 0 Å². The van der Waals surface area contributed by atoms with Crippen LogP contribution in [0.2, 0.25) is 0 Å². The van der Waals surface area contributed by atoms with Crippen molar-refractivity contribution in [1.82, 2.24) is 0 Å². The Balaban J connectivity index is 2.98. The van der Waals surface area contributed by atoms with Crippen molar-refractivity contribution in [2.24, 2.45) is 5.73 Å². The summed E-state index contributed by atoms with van der Waals surface area (Å²) in [5, 5.41) is 0. The van der Waals surface area contributed by atoms with Gasteiger partial charge in [-0.3, -0.25) is 0 Å². The lowest BCUT2D eigenvalue weighted by Crippen LogP contribution is -1.97. The van der Waals surface area contributed by atoms with Crippen molar-refractivity contribution in [1.29, 1.82) is 0 Å². The molecule has 0 fully saturated rings. The molecular weight excluding hydrogens is 194 g/mol. The zero-order valence-corrected chi connectivity index (χ0v) is 11.2. The predicted octanol–water partition coefficient (Wildman–Crippen LogP) is 4.81. The molecule has 0 saturated carbocycles. The Kier molecular flexibility index (Phi) is 14.4. The Morgan fingerprint density at radius 2 is 1.19 bits per heavy atom. The third-order valence-corrected chi connectivity index (χ3v) is 2.97. The molecule has 0 unspecified atom stereocenters. The van der Waals surface area contributed by atoms with E-state index >= 15 is 0 Å². The Bertz CT molecular complexity index is 124. The van der Waals surface area contributed by atoms with Gasteiger partial charge in [0.2, 0.25) is 0 Å². The van der Waals surface area contributed by atoms with Crippen LogP contribution in [-0.4, -0.2) is 6.54 Å². The third-order valence-electron chi connectivity index (χ3n) is 2.97. The second-order valence-corrected chi connectivity index (χ2v) is 4.67. The van der Waals surface area contributed by atoms with Crippen LogP contribution in [0.5, 0.6) is 0 Å². The van der Waals surface area contributed by atoms with Crippen LogP contribution in [-0.2, 0) is 0 Å². The van der Waals surface area contributed by atoms with Crippen LogP contribution in [0.4, 0.5) is 0 Å². The van der Waals surface area contributed by atoms with Crippen molar-refractivity contribution >= 4 is 0 Å². The van der Waals surface area contributed by atoms with Gasteiger partial charge in [-0.2, -0.15) is 0 Å². The maximum absolute atomic E-state index is 5.44. The molecule has 0 aromatic rings. The van der Waals surface area contributed by atoms with E-state index in [1.54, 1.807) is 0 Å². The fourth-order valence-corrected chi connectivity index (χ4v) is 1.86. The first kappa shape index (κ1) is 15.7. The van der Waals surface area contributed by atoms with Crippen molar-refractivity contribution in [3.8, 4) is 0 Å². The van der Waals surface area contributed by atoms with Crippen LogP contribution in [0.15, 0.2) is 12.2 Å². The monoisotopic (exact) mass is 225 g/mol. The molecule has 0 aromatic carbocycles. The molecule has 0 amide bonds. The molecule has 0 aliphatic carbocycles. The maximum Gasteiger partial charge on any atom is -0.00773 e. The third kappa shape index (κ3) is 13.7. The Hall–Kier alpha value is -0.300. The van der Waals surface area contributed by atoms with Gasteiger partial charge >= 0.3 is 0 Å². The normalized spacial score (nSPS) is 11.4. The molecule has 1 nitrogen and oxygen atoms in total. The first-order valence-electron chi connectivity index (χ1n) is 7.27. The van der Waals surface area contributed by atoms with Crippen molar-refractivity contribution in [3.05, 3.63) is 12.2 Å². The molecule has 0 atom stereocenters. The highest BCUT2D eigenvalue weighted by atomic mass is 14.5. The quantitative estimate of drug-likeness (QED) is 0.374. The Morgan fingerprint density at radius 3 is 1.69 bits per heavy atom. The van der Waals surface area contributed by atoms with Crippen LogP contribution in [0.1, 0.15) is 77.6 Å². The number of hydrogen-bond acceptors (Lipinski definition) is 1. The second kappa shape index (κ2) is 14.7. The van der Waals surface area contributed by atoms with Gasteiger partial charge in [0.05, 0.1) is 0 Å². The summed E-state index contributed by atoms with van der Waals surface area (Å²) in [6.07, 6.45) is 19.4. The highest BCUT2D eigenvalue weighted by molar-refractivity contribution is 4.81. The lowest BCUT2D eigenvalue weighted by molar-refractivity contribution is 0.635. The van der Waals surface area contributed by atoms with Gasteiger partial charge < -0.3 is 5.73 Å². The van der Waals surface area contributed by atoms with Crippen molar-refractivity contribution in [2.75, 3.05) is 6.54 Å². The molecule has 0 aromatic heterocycles. The van der Waals surface area contributed by atoms with E-state index in [4.69, 9.17) is 5.73 Å². The van der Waals surface area contributed by atoms with Gasteiger partial charge in [0.25, 0.3) is 0 Å². The van der Waals surface area contributed by atoms with E-state index in [1.807, 2.05) is 0 Å². The van der Waals surface area contributed by atoms with Crippen LogP contribution < -0.4 is 5.73 Å². The first-order chi connectivity index (χ1) is 7.91. The number of hydrogen-bond donors (Lipinski definition) is 1. The lowest BCUT2D eigenvalue weighted by Gasteiger charge is -1.97. The van der Waals surface area contributed by atoms with Gasteiger partial charge in [0.1, 0.15) is 0 Å². The van der Waals surface area contributed by atoms with Crippen molar-refractivity contribution in [2.45, 2.75) is 77.6 Å². The summed E-state index contributed by atoms with van der Waals surface area (Å²) >= 11 is 0. The Morgan fingerprint density at radius 1 is 0.688 bits per heavy atom. The summed E-state index contributed by atoms with van der Waals surface area (Å²) < 4.78 is 0. The molecule has 0 radical (unpaired) electrons. The highest BCUT2D eigenvalue weighted by Gasteiger charge is 1.88. The molecule has 96 valence electrons. The van der Waals surface area contributed by atoms with E-state index in [2.05, 4.69) is 19.1 Å². The summed E-state index contributed by atoms with van der Waals surface area (Å²) in [4.78, 5) is 0. The molecular formula is C15H31N. The fourth-order valence-electron chi connectivity index (χ4n) is 1.86. The zero-order chi connectivity index (χ0) is 11.9. The van der Waals surface area contributed by atoms with Gasteiger partial charge in [-0.25, -0.2) is 0 Å². The minimum Gasteiger partial charge on any atom is -0.330 e. The summed E-state index contributed by atoms with van der Waals surface area (Å²) in [6.45, 7) is 3.12. The lowest BCUT2D eigenvalue weighted by atomic mass is 10.1. The average molecular weight is 225 g/mol. The maximum atomic E-state index is 5.44. The molecule has 0 rings (SSSR count). The van der Waals surface area contributed by atoms with Gasteiger partial charge in [-0.05, 0) is 38.6 Å². The van der Waals surface area contributed by atoms with E-state index in [0.717, 1.165) is 6.54 Å². The molecule has 1 heteroatoms. The number of allylic oxidation sites excluding steroid dienone is 2. The minimum absolute atomic E-state index is 0.855. The molecule has 0 aliphatic heterocycles. The average Bonchev–Trinajstić information content (AvgIpc) is 2.31. The molecule has 0 aliphatic rings. The molecule has 0 spiro atoms. The number of nitrogens with two attached hydrogens (primary N) is 1. The predicted molar refractivity (Wildman–Crippen MR) is 74.7 cm³/mol. The summed E-state index contributed by atoms with van der Waals surface area (Å²) in [7, 11) is 0. The smallest absolute Gasteiger partial charge is 0.00773 e. The molecule has 0 saturated heterocycles. The van der Waals surface area contributed by atoms with Crippen LogP contribution in [0.25, 0.3) is 0 Å². The summed E-state index contributed by atoms with van der Waals surface area (Å²) in [5.41, 5.74) is 5.44. The van der Waals surface area contributed by atoms with Crippen molar-refractivity contribution in [3.63, 3.8) is 0 Å². The van der Waals surface area contributed by atoms with Gasteiger partial charge in [0, 0.05) is 0 Å². The fraction of sp³-hybridized carbons (Fsp3) is 0.867. The van der Waals surface area contributed by atoms with Gasteiger partial charge in [-0.15, -0.1) is 0 Å². The van der Waals surface area contributed by atoms with Crippen LogP contribution in [0.3, 0.4) is 0 Å². The SMILES string of the molecule is CCCCCCC/C=C/CCCCCCN. The highest BCUT2D eigenvalue weighted by Crippen LogP contribution is 2.07. The van der Waals surface area contributed by atoms with Gasteiger partial charge in [-0.1, -0.05) is 57.6 Å². The topological polar surface area (TPSA) is 26.0 Å². The van der Waals surface area contributed by atoms with E-state index in [1.165, 1.54) is 70.6 Å². The second-order valence-electron chi connectivity index (χ2n) is 4.67. The Labute approximate surface area is 102 Å². The first-order valence-corrected chi connectivity index (χ1v) is 7.27. The van der Waals surface area contributed by atoms with Crippen molar-refractivity contribution < 1.29 is 0 Å². The molecule has 0 heterocycles. The number of unbranched alkanes of at least 4 members (excludes halogenated alkanes) is 9.